The first kappa shape index (κ1) is 110. The van der Waals surface area contributed by atoms with Gasteiger partial charge in [-0.05, 0) is 114 Å². The summed E-state index contributed by atoms with van der Waals surface area (Å²) in [5.41, 5.74) is -4.38. The Kier molecular flexibility index (Phi) is 58.1. The monoisotopic (exact) mass is 1750 g/mol. The largest absolute Gasteiger partial charge is 0.460 e. The third kappa shape index (κ3) is 51.2. The minimum absolute atomic E-state index is 0.0201. The number of esters is 6. The van der Waals surface area contributed by atoms with Crippen LogP contribution in [-0.4, -0.2) is 272 Å². The van der Waals surface area contributed by atoms with Gasteiger partial charge in [0.2, 0.25) is 0 Å². The normalized spacial score (nSPS) is 16.0. The first-order valence-electron chi connectivity index (χ1n) is 42.9. The van der Waals surface area contributed by atoms with Crippen LogP contribution in [0.2, 0.25) is 0 Å². The number of rotatable bonds is 75. The molecule has 0 aromatic carbocycles. The minimum Gasteiger partial charge on any atom is -0.460 e. The molecule has 1 saturated heterocycles. The van der Waals surface area contributed by atoms with Gasteiger partial charge in [-0.25, -0.2) is 71.2 Å². The van der Waals surface area contributed by atoms with E-state index in [1.54, 1.807) is 55.4 Å². The van der Waals surface area contributed by atoms with Crippen molar-refractivity contribution in [2.75, 3.05) is 138 Å². The number of carbonyl (C=O) groups is 9. The maximum atomic E-state index is 14.2. The molecular weight excluding hydrogens is 1610 g/mol. The molecule has 0 aliphatic carbocycles. The number of aromatic nitrogens is 3. The van der Waals surface area contributed by atoms with Crippen molar-refractivity contribution in [1.29, 1.82) is 0 Å². The zero-order chi connectivity index (χ0) is 91.4. The number of nitrogens with one attached hydrogen (secondary N) is 3. The van der Waals surface area contributed by atoms with E-state index >= 15 is 0 Å². The van der Waals surface area contributed by atoms with E-state index in [2.05, 4.69) is 74.2 Å². The van der Waals surface area contributed by atoms with E-state index in [4.69, 9.17) is 80.5 Å². The van der Waals surface area contributed by atoms with Crippen molar-refractivity contribution in [1.82, 2.24) is 34.6 Å². The van der Waals surface area contributed by atoms with Gasteiger partial charge in [0.1, 0.15) is 59.0 Å². The summed E-state index contributed by atoms with van der Waals surface area (Å²) in [5, 5.41) is 8.37. The van der Waals surface area contributed by atoms with Gasteiger partial charge in [0.05, 0.1) is 113 Å². The second-order valence-corrected chi connectivity index (χ2v) is 31.2. The molecular formula is C87H143N7O29. The van der Waals surface area contributed by atoms with Crippen LogP contribution in [0.25, 0.3) is 0 Å². The summed E-state index contributed by atoms with van der Waals surface area (Å²) in [5.74, 6) is -3.85. The zero-order valence-electron chi connectivity index (χ0n) is 74.6. The fourth-order valence-corrected chi connectivity index (χ4v) is 11.5. The Morgan fingerprint density at radius 1 is 0.350 bits per heavy atom. The summed E-state index contributed by atoms with van der Waals surface area (Å²) >= 11 is 0. The standard InChI is InChI=1S/C87H143N7O29/c1-17-24-25-32-39-73(47-91-46-64(91)8)123-82(103)90-42-35-28-31-38-45-94-84(105)92(43-36-29-26-33-40-88-80(101)113-54-71(15)121-62-86(56-115-65(9)48-107-74(95)18-2,57-116-66(10)49-108-75(96)19-3)58-117-67(11)50-109-76(97)20-4)83(104)93(85(94)106)44-37-30-27-34-41-89-81(102)114-55-72(16)122-63-87(59-118-68(12)51-110-77(98)21-5,60-119-69(13)52-111-78(99)22-6)61-120-70(14)53-112-79(100)23-7/h18-23,64-73H,2-7,17,24-63H2,1,8-16H3,(H,88,101)(H,89,102)(H,90,103). The van der Waals surface area contributed by atoms with Gasteiger partial charge in [0.25, 0.3) is 0 Å². The molecule has 700 valence electrons. The van der Waals surface area contributed by atoms with Crippen LogP contribution < -0.4 is 33.0 Å². The Morgan fingerprint density at radius 2 is 0.577 bits per heavy atom. The van der Waals surface area contributed by atoms with Gasteiger partial charge in [0.15, 0.2) is 0 Å². The molecule has 1 aliphatic rings. The summed E-state index contributed by atoms with van der Waals surface area (Å²) in [7, 11) is 0. The van der Waals surface area contributed by atoms with Gasteiger partial charge in [-0.3, -0.25) is 4.90 Å². The van der Waals surface area contributed by atoms with Crippen LogP contribution in [0.3, 0.4) is 0 Å². The average molecular weight is 1750 g/mol. The van der Waals surface area contributed by atoms with Crippen LogP contribution in [0.5, 0.6) is 0 Å². The number of alkyl carbamates (subject to hydrolysis) is 3. The lowest BCUT2D eigenvalue weighted by Gasteiger charge is -2.36. The van der Waals surface area contributed by atoms with E-state index < -0.39 is 131 Å². The minimum atomic E-state index is -1.10. The fraction of sp³-hybridized carbons (Fsp3) is 0.724. The molecule has 1 aromatic heterocycles. The van der Waals surface area contributed by atoms with Crippen molar-refractivity contribution < 1.29 is 124 Å². The van der Waals surface area contributed by atoms with Gasteiger partial charge in [-0.2, -0.15) is 0 Å². The number of nitrogens with zero attached hydrogens (tertiary/aromatic N) is 4. The van der Waals surface area contributed by atoms with Crippen molar-refractivity contribution in [2.24, 2.45) is 10.8 Å². The molecule has 11 atom stereocenters. The molecule has 36 heteroatoms. The van der Waals surface area contributed by atoms with E-state index in [1.165, 1.54) is 0 Å². The van der Waals surface area contributed by atoms with Crippen molar-refractivity contribution >= 4 is 54.1 Å². The number of unbranched alkanes of at least 4 members (excludes halogenated alkanes) is 12. The number of amides is 3. The van der Waals surface area contributed by atoms with Gasteiger partial charge in [-0.1, -0.05) is 104 Å². The molecule has 11 unspecified atom stereocenters. The summed E-state index contributed by atoms with van der Waals surface area (Å²) < 4.78 is 101. The highest BCUT2D eigenvalue weighted by Crippen LogP contribution is 2.27. The molecule has 0 saturated carbocycles. The number of hydrogen-bond acceptors (Lipinski definition) is 30. The first-order valence-corrected chi connectivity index (χ1v) is 42.9. The molecule has 2 heterocycles. The zero-order valence-corrected chi connectivity index (χ0v) is 74.6. The molecule has 36 nitrogen and oxygen atoms in total. The maximum absolute atomic E-state index is 14.2. The van der Waals surface area contributed by atoms with Crippen molar-refractivity contribution in [3.8, 4) is 0 Å². The summed E-state index contributed by atoms with van der Waals surface area (Å²) in [6, 6.07) is 0.485. The van der Waals surface area contributed by atoms with Crippen LogP contribution in [0, 0.1) is 10.8 Å². The quantitative estimate of drug-likeness (QED) is 0.0180. The van der Waals surface area contributed by atoms with Gasteiger partial charge < -0.3 is 96.5 Å². The van der Waals surface area contributed by atoms with Gasteiger partial charge in [0, 0.05) is 94.9 Å². The van der Waals surface area contributed by atoms with E-state index in [0.29, 0.717) is 96.2 Å². The molecule has 0 radical (unpaired) electrons. The SMILES string of the molecule is C=CC(=O)OCC(C)OCC(COC(C)COC(=O)C=C)(COC(C)COC(=O)C=C)COC(C)COC(=O)NCCCCCCn1c(=O)n(CCCCCCNC(=O)OCC(C)OCC(COC(C)COC(=O)C=C)(COC(C)COC(=O)C=C)COC(C)COC(=O)C=C)c(=O)n(CCCCCCNC(=O)OC(CCCCCC)CN2CC2C)c1=O. The van der Waals surface area contributed by atoms with Crippen LogP contribution in [0.1, 0.15) is 178 Å². The lowest BCUT2D eigenvalue weighted by Crippen LogP contribution is -2.54. The second kappa shape index (κ2) is 64.8. The molecule has 1 fully saturated rings. The molecule has 0 spiro atoms. The average Bonchev–Trinajstić information content (AvgIpc) is 1.40. The smallest absolute Gasteiger partial charge is 0.407 e. The second-order valence-electron chi connectivity index (χ2n) is 31.2. The lowest BCUT2D eigenvalue weighted by atomic mass is 9.91. The van der Waals surface area contributed by atoms with Gasteiger partial charge in [-0.15, -0.1) is 0 Å². The Labute approximate surface area is 725 Å². The molecule has 1 aliphatic heterocycles. The van der Waals surface area contributed by atoms with E-state index in [9.17, 15) is 57.5 Å². The lowest BCUT2D eigenvalue weighted by molar-refractivity contribution is -0.166. The van der Waals surface area contributed by atoms with Crippen LogP contribution in [-0.2, 0) is 129 Å². The third-order valence-corrected chi connectivity index (χ3v) is 19.3. The van der Waals surface area contributed by atoms with Gasteiger partial charge >= 0.3 is 71.2 Å². The molecule has 0 bridgehead atoms. The van der Waals surface area contributed by atoms with E-state index in [0.717, 1.165) is 88.8 Å². The highest BCUT2D eigenvalue weighted by atomic mass is 16.6. The van der Waals surface area contributed by atoms with Crippen LogP contribution >= 0.6 is 0 Å². The van der Waals surface area contributed by atoms with Crippen LogP contribution in [0.15, 0.2) is 90.3 Å². The molecule has 2 rings (SSSR count). The molecule has 3 N–H and O–H groups in total. The predicted octanol–water partition coefficient (Wildman–Crippen LogP) is 8.66. The number of hydrogen-bond donors (Lipinski definition) is 3. The van der Waals surface area contributed by atoms with E-state index in [1.807, 2.05) is 0 Å². The number of carbonyl (C=O) groups excluding carboxylic acids is 9. The molecule has 3 amide bonds. The Balaban J connectivity index is 2.18. The predicted molar refractivity (Wildman–Crippen MR) is 457 cm³/mol. The Hall–Kier alpha value is -8.88. The highest BCUT2D eigenvalue weighted by Gasteiger charge is 2.38. The fourth-order valence-electron chi connectivity index (χ4n) is 11.5. The summed E-state index contributed by atoms with van der Waals surface area (Å²) in [4.78, 5) is 155. The summed E-state index contributed by atoms with van der Waals surface area (Å²) in [6.07, 6.45) is 10.6. The number of ether oxygens (including phenoxy) is 17. The topological polar surface area (TPSA) is 416 Å². The van der Waals surface area contributed by atoms with Crippen molar-refractivity contribution in [2.45, 2.75) is 259 Å². The summed E-state index contributed by atoms with van der Waals surface area (Å²) in [6.45, 7) is 39.4. The van der Waals surface area contributed by atoms with Crippen LogP contribution in [0.4, 0.5) is 14.4 Å². The first-order chi connectivity index (χ1) is 58.8. The highest BCUT2D eigenvalue weighted by molar-refractivity contribution is 5.83. The van der Waals surface area contributed by atoms with E-state index in [-0.39, 0.29) is 145 Å². The molecule has 123 heavy (non-hydrogen) atoms. The van der Waals surface area contributed by atoms with Crippen molar-refractivity contribution in [3.63, 3.8) is 0 Å². The van der Waals surface area contributed by atoms with Crippen molar-refractivity contribution in [3.05, 3.63) is 107 Å². The Bertz CT molecular complexity index is 3170. The Morgan fingerprint density at radius 3 is 0.813 bits per heavy atom. The third-order valence-electron chi connectivity index (χ3n) is 19.3. The molecule has 1 aromatic rings. The maximum Gasteiger partial charge on any atom is 0.407 e.